The van der Waals surface area contributed by atoms with Crippen molar-refractivity contribution in [2.24, 2.45) is 5.92 Å². The van der Waals surface area contributed by atoms with Crippen molar-refractivity contribution in [1.82, 2.24) is 15.1 Å². The third kappa shape index (κ3) is 2.98. The number of hydrogen-bond donors (Lipinski definition) is 1. The molecule has 0 saturated carbocycles. The fourth-order valence-corrected chi connectivity index (χ4v) is 1.99. The van der Waals surface area contributed by atoms with Gasteiger partial charge in [0, 0.05) is 12.6 Å². The molecule has 4 nitrogen and oxygen atoms in total. The van der Waals surface area contributed by atoms with Crippen LogP contribution < -0.4 is 10.1 Å². The monoisotopic (exact) mass is 223 g/mol. The first-order valence-electron chi connectivity index (χ1n) is 6.15. The lowest BCUT2D eigenvalue weighted by atomic mass is 10.1. The lowest BCUT2D eigenvalue weighted by Gasteiger charge is -2.24. The molecule has 4 heteroatoms. The summed E-state index contributed by atoms with van der Waals surface area (Å²) in [5.41, 5.74) is 0. The summed E-state index contributed by atoms with van der Waals surface area (Å²) < 4.78 is 7.95. The molecule has 90 valence electrons. The van der Waals surface area contributed by atoms with Crippen molar-refractivity contribution < 1.29 is 4.74 Å². The van der Waals surface area contributed by atoms with E-state index >= 15 is 0 Å². The van der Waals surface area contributed by atoms with Gasteiger partial charge in [-0.05, 0) is 31.8 Å². The molecule has 0 aromatic carbocycles. The van der Waals surface area contributed by atoms with Gasteiger partial charge in [0.25, 0.3) is 0 Å². The fourth-order valence-electron chi connectivity index (χ4n) is 1.99. The maximum absolute atomic E-state index is 5.99. The molecule has 2 heterocycles. The molecule has 0 radical (unpaired) electrons. The normalized spacial score (nSPS) is 17.9. The summed E-state index contributed by atoms with van der Waals surface area (Å²) in [6.07, 6.45) is 4.35. The highest BCUT2D eigenvalue weighted by Crippen LogP contribution is 2.17. The second kappa shape index (κ2) is 5.34. The van der Waals surface area contributed by atoms with Crippen molar-refractivity contribution in [1.29, 1.82) is 0 Å². The molecule has 16 heavy (non-hydrogen) atoms. The van der Waals surface area contributed by atoms with E-state index < -0.39 is 0 Å². The van der Waals surface area contributed by atoms with Crippen LogP contribution in [0.1, 0.15) is 26.7 Å². The zero-order valence-electron chi connectivity index (χ0n) is 10.1. The number of nitrogens with one attached hydrogen (secondary N) is 1. The maximum atomic E-state index is 5.99. The summed E-state index contributed by atoms with van der Waals surface area (Å²) in [6, 6.07) is 1.96. The molecule has 1 fully saturated rings. The minimum atomic E-state index is 0.351. The van der Waals surface area contributed by atoms with Crippen molar-refractivity contribution >= 4 is 0 Å². The Balaban J connectivity index is 1.94. The smallest absolute Gasteiger partial charge is 0.211 e. The quantitative estimate of drug-likeness (QED) is 0.844. The predicted molar refractivity (Wildman–Crippen MR) is 63.6 cm³/mol. The van der Waals surface area contributed by atoms with Crippen LogP contribution in [0.5, 0.6) is 5.88 Å². The summed E-state index contributed by atoms with van der Waals surface area (Å²) in [6.45, 7) is 7.42. The van der Waals surface area contributed by atoms with Gasteiger partial charge in [-0.25, -0.2) is 4.68 Å². The van der Waals surface area contributed by atoms with Crippen LogP contribution >= 0.6 is 0 Å². The first-order valence-corrected chi connectivity index (χ1v) is 6.15. The van der Waals surface area contributed by atoms with Crippen molar-refractivity contribution in [3.63, 3.8) is 0 Å². The Morgan fingerprint density at radius 1 is 1.50 bits per heavy atom. The molecule has 0 bridgehead atoms. The van der Waals surface area contributed by atoms with Gasteiger partial charge in [0.05, 0.1) is 6.20 Å². The van der Waals surface area contributed by atoms with Gasteiger partial charge in [0.15, 0.2) is 0 Å². The van der Waals surface area contributed by atoms with Gasteiger partial charge in [-0.3, -0.25) is 0 Å². The van der Waals surface area contributed by atoms with Crippen LogP contribution in [0, 0.1) is 5.92 Å². The molecular weight excluding hydrogens is 202 g/mol. The Hall–Kier alpha value is -1.03. The van der Waals surface area contributed by atoms with Gasteiger partial charge in [0.1, 0.15) is 6.10 Å². The molecule has 1 aromatic rings. The third-order valence-electron chi connectivity index (χ3n) is 2.79. The number of ether oxygens (including phenoxy) is 1. The minimum absolute atomic E-state index is 0.351. The number of rotatable bonds is 4. The van der Waals surface area contributed by atoms with Gasteiger partial charge >= 0.3 is 0 Å². The van der Waals surface area contributed by atoms with E-state index in [-0.39, 0.29) is 0 Å². The molecule has 0 aliphatic carbocycles. The van der Waals surface area contributed by atoms with Crippen LogP contribution in [-0.2, 0) is 6.54 Å². The van der Waals surface area contributed by atoms with Crippen LogP contribution in [0.4, 0.5) is 0 Å². The van der Waals surface area contributed by atoms with Crippen molar-refractivity contribution in [2.45, 2.75) is 39.3 Å². The Labute approximate surface area is 97.0 Å². The van der Waals surface area contributed by atoms with Crippen LogP contribution in [-0.4, -0.2) is 29.0 Å². The van der Waals surface area contributed by atoms with Crippen LogP contribution in [0.15, 0.2) is 12.3 Å². The summed E-state index contributed by atoms with van der Waals surface area (Å²) in [7, 11) is 0. The number of aromatic nitrogens is 2. The van der Waals surface area contributed by atoms with E-state index in [1.54, 1.807) is 0 Å². The summed E-state index contributed by atoms with van der Waals surface area (Å²) in [5, 5.41) is 7.64. The lowest BCUT2D eigenvalue weighted by molar-refractivity contribution is 0.145. The Bertz CT molecular complexity index is 316. The first kappa shape index (κ1) is 11.5. The Morgan fingerprint density at radius 3 is 2.94 bits per heavy atom. The number of nitrogens with zero attached hydrogens (tertiary/aromatic N) is 2. The van der Waals surface area contributed by atoms with E-state index in [1.807, 2.05) is 16.9 Å². The fraction of sp³-hybridized carbons (Fsp3) is 0.750. The van der Waals surface area contributed by atoms with Gasteiger partial charge in [-0.2, -0.15) is 5.10 Å². The van der Waals surface area contributed by atoms with Crippen LogP contribution in [0.25, 0.3) is 0 Å². The van der Waals surface area contributed by atoms with E-state index in [4.69, 9.17) is 4.74 Å². The zero-order chi connectivity index (χ0) is 11.4. The topological polar surface area (TPSA) is 39.1 Å². The standard InChI is InChI=1S/C12H21N3O/c1-10(2)9-15-12(5-8-14-15)16-11-3-6-13-7-4-11/h5,8,10-11,13H,3-4,6-7,9H2,1-2H3. The van der Waals surface area contributed by atoms with E-state index in [2.05, 4.69) is 24.3 Å². The second-order valence-corrected chi connectivity index (χ2v) is 4.81. The maximum Gasteiger partial charge on any atom is 0.211 e. The molecule has 1 aliphatic heterocycles. The van der Waals surface area contributed by atoms with Gasteiger partial charge in [-0.15, -0.1) is 0 Å². The second-order valence-electron chi connectivity index (χ2n) is 4.81. The highest BCUT2D eigenvalue weighted by molar-refractivity contribution is 5.08. The third-order valence-corrected chi connectivity index (χ3v) is 2.79. The molecule has 0 atom stereocenters. The SMILES string of the molecule is CC(C)Cn1nccc1OC1CCNCC1. The lowest BCUT2D eigenvalue weighted by Crippen LogP contribution is -2.34. The van der Waals surface area contributed by atoms with E-state index in [1.165, 1.54) is 0 Å². The van der Waals surface area contributed by atoms with Crippen molar-refractivity contribution in [3.8, 4) is 5.88 Å². The van der Waals surface area contributed by atoms with E-state index in [0.717, 1.165) is 38.4 Å². The Kier molecular flexibility index (Phi) is 3.83. The summed E-state index contributed by atoms with van der Waals surface area (Å²) in [5.74, 6) is 1.51. The summed E-state index contributed by atoms with van der Waals surface area (Å²) >= 11 is 0. The van der Waals surface area contributed by atoms with Gasteiger partial charge < -0.3 is 10.1 Å². The molecule has 0 spiro atoms. The largest absolute Gasteiger partial charge is 0.474 e. The molecule has 0 unspecified atom stereocenters. The highest BCUT2D eigenvalue weighted by atomic mass is 16.5. The highest BCUT2D eigenvalue weighted by Gasteiger charge is 2.16. The first-order chi connectivity index (χ1) is 7.75. The van der Waals surface area contributed by atoms with Gasteiger partial charge in [0.2, 0.25) is 5.88 Å². The van der Waals surface area contributed by atoms with Gasteiger partial charge in [-0.1, -0.05) is 13.8 Å². The predicted octanol–water partition coefficient (Wildman–Crippen LogP) is 1.67. The molecule has 1 aliphatic rings. The molecule has 1 saturated heterocycles. The minimum Gasteiger partial charge on any atom is -0.474 e. The molecular formula is C12H21N3O. The van der Waals surface area contributed by atoms with E-state index in [0.29, 0.717) is 12.0 Å². The van der Waals surface area contributed by atoms with Crippen LogP contribution in [0.2, 0.25) is 0 Å². The molecule has 2 rings (SSSR count). The van der Waals surface area contributed by atoms with Crippen molar-refractivity contribution in [2.75, 3.05) is 13.1 Å². The van der Waals surface area contributed by atoms with Crippen LogP contribution in [0.3, 0.4) is 0 Å². The Morgan fingerprint density at radius 2 is 2.25 bits per heavy atom. The average molecular weight is 223 g/mol. The zero-order valence-corrected chi connectivity index (χ0v) is 10.1. The number of piperidine rings is 1. The van der Waals surface area contributed by atoms with Crippen molar-refractivity contribution in [3.05, 3.63) is 12.3 Å². The molecule has 1 aromatic heterocycles. The van der Waals surface area contributed by atoms with E-state index in [9.17, 15) is 0 Å². The average Bonchev–Trinajstić information content (AvgIpc) is 2.66. The number of hydrogen-bond acceptors (Lipinski definition) is 3. The molecule has 0 amide bonds. The molecule has 1 N–H and O–H groups in total. The summed E-state index contributed by atoms with van der Waals surface area (Å²) in [4.78, 5) is 0.